The fourth-order valence-corrected chi connectivity index (χ4v) is 6.31. The van der Waals surface area contributed by atoms with Crippen LogP contribution < -0.4 is 0 Å². The zero-order valence-electron chi connectivity index (χ0n) is 29.6. The Kier molecular flexibility index (Phi) is 25.8. The molecule has 0 aliphatic heterocycles. The molecule has 0 unspecified atom stereocenters. The van der Waals surface area contributed by atoms with Crippen LogP contribution in [0.3, 0.4) is 0 Å². The first-order valence-electron chi connectivity index (χ1n) is 18.9. The van der Waals surface area contributed by atoms with Gasteiger partial charge in [-0.25, -0.2) is 0 Å². The number of ketones is 1. The van der Waals surface area contributed by atoms with Gasteiger partial charge in [0.05, 0.1) is 24.9 Å². The van der Waals surface area contributed by atoms with Crippen molar-refractivity contribution in [1.29, 1.82) is 0 Å². The topological polar surface area (TPSA) is 151 Å². The van der Waals surface area contributed by atoms with E-state index in [1.165, 1.54) is 57.8 Å². The average Bonchev–Trinajstić information content (AvgIpc) is 3.31. The fourth-order valence-electron chi connectivity index (χ4n) is 6.31. The summed E-state index contributed by atoms with van der Waals surface area (Å²) in [7, 11) is 0. The fraction of sp³-hybridized carbons (Fsp3) is 0.868. The molecular weight excluding hydrogens is 600 g/mol. The van der Waals surface area contributed by atoms with Crippen molar-refractivity contribution in [3.63, 3.8) is 0 Å². The number of esters is 2. The van der Waals surface area contributed by atoms with E-state index in [1.807, 2.05) is 0 Å². The van der Waals surface area contributed by atoms with Crippen molar-refractivity contribution in [2.45, 2.75) is 186 Å². The van der Waals surface area contributed by atoms with Crippen molar-refractivity contribution in [1.82, 2.24) is 0 Å². The molecule has 0 bridgehead atoms. The zero-order valence-corrected chi connectivity index (χ0v) is 29.6. The Hall–Kier alpha value is -1.81. The number of Topliss-reactive ketones (excluding diaryl/α,β-unsaturated/α-hetero) is 1. The molecule has 1 fully saturated rings. The van der Waals surface area contributed by atoms with Crippen molar-refractivity contribution in [3.8, 4) is 0 Å². The quantitative estimate of drug-likeness (QED) is 0.0364. The molecule has 0 spiro atoms. The van der Waals surface area contributed by atoms with E-state index in [-0.39, 0.29) is 50.4 Å². The van der Waals surface area contributed by atoms with Gasteiger partial charge in [-0.1, -0.05) is 116 Å². The lowest BCUT2D eigenvalue weighted by Gasteiger charge is -2.20. The van der Waals surface area contributed by atoms with Crippen LogP contribution in [0.5, 0.6) is 0 Å². The van der Waals surface area contributed by atoms with E-state index in [0.717, 1.165) is 38.5 Å². The molecule has 1 rings (SSSR count). The molecule has 0 radical (unpaired) electrons. The summed E-state index contributed by atoms with van der Waals surface area (Å²) in [5.41, 5.74) is 0. The van der Waals surface area contributed by atoms with Crippen LogP contribution in [0.1, 0.15) is 162 Å². The van der Waals surface area contributed by atoms with Crippen LogP contribution in [0.15, 0.2) is 12.2 Å². The second-order valence-electron chi connectivity index (χ2n) is 13.6. The van der Waals surface area contributed by atoms with Gasteiger partial charge in [0, 0.05) is 43.9 Å². The Labute approximate surface area is 284 Å². The van der Waals surface area contributed by atoms with Crippen molar-refractivity contribution < 1.29 is 44.3 Å². The van der Waals surface area contributed by atoms with Crippen LogP contribution in [-0.4, -0.2) is 75.8 Å². The predicted octanol–water partition coefficient (Wildman–Crippen LogP) is 6.90. The van der Waals surface area contributed by atoms with E-state index in [9.17, 15) is 34.8 Å². The molecule has 0 aromatic heterocycles. The SMILES string of the molecule is CCCCCCCCCCCCCCC(=O)O[C@@H](CO)COC(=O)CCCCC(=O)C[C@@H]1[C@@H](/C=C/[C@@H](O)CCCCC)[C@H](O)C[C@@H]1O. The van der Waals surface area contributed by atoms with Crippen LogP contribution in [0.4, 0.5) is 0 Å². The largest absolute Gasteiger partial charge is 0.462 e. The van der Waals surface area contributed by atoms with Gasteiger partial charge in [0.2, 0.25) is 0 Å². The number of aliphatic hydroxyl groups is 4. The van der Waals surface area contributed by atoms with E-state index >= 15 is 0 Å². The van der Waals surface area contributed by atoms with E-state index in [0.29, 0.717) is 19.3 Å². The van der Waals surface area contributed by atoms with Crippen LogP contribution >= 0.6 is 0 Å². The normalized spacial score (nSPS) is 20.8. The summed E-state index contributed by atoms with van der Waals surface area (Å²) in [5.74, 6) is -1.71. The lowest BCUT2D eigenvalue weighted by Crippen LogP contribution is -2.28. The summed E-state index contributed by atoms with van der Waals surface area (Å²) in [6.07, 6.45) is 20.4. The standard InChI is InChI=1S/C38H68O9/c1-3-5-7-8-9-10-11-12-13-14-15-17-23-38(45)47-32(28-39)29-46-37(44)22-19-18-21-31(41)26-34-33(35(42)27-36(34)43)25-24-30(40)20-16-6-4-2/h24-25,30,32-36,39-40,42-43H,3-23,26-29H2,1-2H3/b25-24+/t30-,32-,33+,34+,35+,36-/m0/s1. The molecule has 9 nitrogen and oxygen atoms in total. The molecule has 0 heterocycles. The van der Waals surface area contributed by atoms with Crippen LogP contribution in [0, 0.1) is 11.8 Å². The van der Waals surface area contributed by atoms with Gasteiger partial charge in [-0.05, 0) is 25.7 Å². The van der Waals surface area contributed by atoms with Crippen LogP contribution in [-0.2, 0) is 23.9 Å². The Morgan fingerprint density at radius 3 is 1.87 bits per heavy atom. The first-order valence-corrected chi connectivity index (χ1v) is 18.9. The van der Waals surface area contributed by atoms with Crippen LogP contribution in [0.25, 0.3) is 0 Å². The van der Waals surface area contributed by atoms with Crippen molar-refractivity contribution in [2.24, 2.45) is 11.8 Å². The summed E-state index contributed by atoms with van der Waals surface area (Å²) < 4.78 is 10.5. The van der Waals surface area contributed by atoms with E-state index in [2.05, 4.69) is 13.8 Å². The third-order valence-electron chi connectivity index (χ3n) is 9.29. The van der Waals surface area contributed by atoms with Gasteiger partial charge in [0.1, 0.15) is 12.4 Å². The predicted molar refractivity (Wildman–Crippen MR) is 185 cm³/mol. The molecule has 4 N–H and O–H groups in total. The van der Waals surface area contributed by atoms with Crippen molar-refractivity contribution in [3.05, 3.63) is 12.2 Å². The molecule has 1 aliphatic carbocycles. The molecule has 274 valence electrons. The van der Waals surface area contributed by atoms with Crippen LogP contribution in [0.2, 0.25) is 0 Å². The first kappa shape index (κ1) is 43.2. The second-order valence-corrected chi connectivity index (χ2v) is 13.6. The highest BCUT2D eigenvalue weighted by Gasteiger charge is 2.41. The number of rotatable bonds is 30. The summed E-state index contributed by atoms with van der Waals surface area (Å²) in [6, 6.07) is 0. The van der Waals surface area contributed by atoms with E-state index in [1.54, 1.807) is 12.2 Å². The van der Waals surface area contributed by atoms with Crippen molar-refractivity contribution in [2.75, 3.05) is 13.2 Å². The minimum atomic E-state index is -0.891. The van der Waals surface area contributed by atoms with Gasteiger partial charge in [0.25, 0.3) is 0 Å². The minimum Gasteiger partial charge on any atom is -0.462 e. The average molecular weight is 669 g/mol. The van der Waals surface area contributed by atoms with Gasteiger partial charge >= 0.3 is 11.9 Å². The maximum absolute atomic E-state index is 12.7. The summed E-state index contributed by atoms with van der Waals surface area (Å²) >= 11 is 0. The Morgan fingerprint density at radius 1 is 0.723 bits per heavy atom. The summed E-state index contributed by atoms with van der Waals surface area (Å²) in [4.78, 5) is 37.0. The minimum absolute atomic E-state index is 0.0427. The van der Waals surface area contributed by atoms with Gasteiger partial charge in [0.15, 0.2) is 6.10 Å². The third kappa shape index (κ3) is 21.7. The highest BCUT2D eigenvalue weighted by Crippen LogP contribution is 2.36. The third-order valence-corrected chi connectivity index (χ3v) is 9.29. The molecule has 1 saturated carbocycles. The molecule has 0 saturated heterocycles. The lowest BCUT2D eigenvalue weighted by atomic mass is 9.87. The second kappa shape index (κ2) is 28.1. The number of hydrogen-bond acceptors (Lipinski definition) is 9. The van der Waals surface area contributed by atoms with E-state index < -0.39 is 48.9 Å². The first-order chi connectivity index (χ1) is 22.7. The van der Waals surface area contributed by atoms with Gasteiger partial charge in [-0.15, -0.1) is 0 Å². The number of hydrogen-bond donors (Lipinski definition) is 4. The summed E-state index contributed by atoms with van der Waals surface area (Å²) in [6.45, 7) is 3.70. The molecule has 0 amide bonds. The number of carbonyl (C=O) groups is 3. The highest BCUT2D eigenvalue weighted by molar-refractivity contribution is 5.79. The Balaban J connectivity index is 2.18. The smallest absolute Gasteiger partial charge is 0.306 e. The molecule has 0 aromatic rings. The Bertz CT molecular complexity index is 845. The van der Waals surface area contributed by atoms with Gasteiger partial charge in [-0.2, -0.15) is 0 Å². The monoisotopic (exact) mass is 668 g/mol. The molecular formula is C38H68O9. The molecule has 9 heteroatoms. The number of carbonyl (C=O) groups excluding carboxylic acids is 3. The number of unbranched alkanes of at least 4 members (excludes halogenated alkanes) is 14. The maximum Gasteiger partial charge on any atom is 0.306 e. The zero-order chi connectivity index (χ0) is 34.7. The highest BCUT2D eigenvalue weighted by atomic mass is 16.6. The number of aliphatic hydroxyl groups excluding tert-OH is 4. The molecule has 6 atom stereocenters. The van der Waals surface area contributed by atoms with Crippen molar-refractivity contribution >= 4 is 17.7 Å². The number of ether oxygens (including phenoxy) is 2. The van der Waals surface area contributed by atoms with Gasteiger partial charge < -0.3 is 29.9 Å². The maximum atomic E-state index is 12.7. The molecule has 47 heavy (non-hydrogen) atoms. The van der Waals surface area contributed by atoms with Gasteiger partial charge in [-0.3, -0.25) is 14.4 Å². The van der Waals surface area contributed by atoms with E-state index in [4.69, 9.17) is 9.47 Å². The Morgan fingerprint density at radius 2 is 1.26 bits per heavy atom. The molecule has 0 aromatic carbocycles. The molecule has 1 aliphatic rings. The summed E-state index contributed by atoms with van der Waals surface area (Å²) in [5, 5.41) is 40.6. The lowest BCUT2D eigenvalue weighted by molar-refractivity contribution is -0.161.